The Kier molecular flexibility index (Phi) is 5.08. The molecule has 0 aromatic carbocycles. The summed E-state index contributed by atoms with van der Waals surface area (Å²) >= 11 is 0. The van der Waals surface area contributed by atoms with E-state index in [9.17, 15) is 20.1 Å². The van der Waals surface area contributed by atoms with Crippen molar-refractivity contribution in [3.05, 3.63) is 23.8 Å². The molecule has 4 fully saturated rings. The highest BCUT2D eigenvalue weighted by Crippen LogP contribution is 2.69. The topological polar surface area (TPSA) is 96.2 Å². The lowest BCUT2D eigenvalue weighted by Crippen LogP contribution is -2.63. The largest absolute Gasteiger partial charge is 0.393 e. The number of aliphatic hydroxyl groups is 3. The standard InChI is InChI=1S/C25H36O6/c1-4-5-21-30-20-11-17-16-7-6-14-10-15(27)8-9-23(14,2)22(16)18(28)12-24(17,3)25(20,31-21)19(29)13-26/h8-10,15-18,20-22,26-28H,4-7,11-13H2,1-3H3/t15?,16?,17?,18?,20-,21-,22?,23+,24+,25-/m1/s1. The SMILES string of the molecule is CCC[C@@H]1O[C@@H]2CC3C4CCC5=CC(O)C=C[C@]5(C)C4C(O)C[C@]3(C)[C@]2(C(=O)CO)O1. The van der Waals surface area contributed by atoms with Crippen LogP contribution in [0.15, 0.2) is 23.8 Å². The predicted molar refractivity (Wildman–Crippen MR) is 114 cm³/mol. The molecule has 5 rings (SSSR count). The van der Waals surface area contributed by atoms with Crippen LogP contribution in [0.1, 0.15) is 59.3 Å². The molecule has 4 aliphatic carbocycles. The smallest absolute Gasteiger partial charge is 0.193 e. The van der Waals surface area contributed by atoms with Crippen molar-refractivity contribution in [2.45, 2.75) is 89.5 Å². The highest BCUT2D eigenvalue weighted by atomic mass is 16.7. The number of allylic oxidation sites excluding steroid dienone is 2. The van der Waals surface area contributed by atoms with E-state index in [1.807, 2.05) is 12.2 Å². The van der Waals surface area contributed by atoms with Gasteiger partial charge in [0.1, 0.15) is 6.61 Å². The fourth-order valence-electron chi connectivity index (χ4n) is 8.24. The fraction of sp³-hybridized carbons (Fsp3) is 0.800. The van der Waals surface area contributed by atoms with E-state index in [0.29, 0.717) is 12.8 Å². The van der Waals surface area contributed by atoms with E-state index in [0.717, 1.165) is 25.7 Å². The van der Waals surface area contributed by atoms with Gasteiger partial charge < -0.3 is 24.8 Å². The van der Waals surface area contributed by atoms with Gasteiger partial charge in [-0.05, 0) is 43.9 Å². The highest BCUT2D eigenvalue weighted by molar-refractivity contribution is 5.91. The summed E-state index contributed by atoms with van der Waals surface area (Å²) in [5.74, 6) is 0.111. The fourth-order valence-corrected chi connectivity index (χ4v) is 8.24. The number of fused-ring (bicyclic) bond motifs is 7. The van der Waals surface area contributed by atoms with Gasteiger partial charge in [-0.15, -0.1) is 0 Å². The third-order valence-electron chi connectivity index (χ3n) is 9.47. The van der Waals surface area contributed by atoms with Gasteiger partial charge in [0, 0.05) is 16.7 Å². The molecule has 1 saturated heterocycles. The summed E-state index contributed by atoms with van der Waals surface area (Å²) in [6, 6.07) is 0. The molecule has 0 aromatic rings. The molecule has 0 aromatic heterocycles. The average Bonchev–Trinajstić information content (AvgIpc) is 3.20. The number of Topliss-reactive ketones (excluding diaryl/α,β-unsaturated/α-hetero) is 1. The van der Waals surface area contributed by atoms with Crippen molar-refractivity contribution in [1.29, 1.82) is 0 Å². The Labute approximate surface area is 184 Å². The first kappa shape index (κ1) is 21.8. The maximum Gasteiger partial charge on any atom is 0.193 e. The monoisotopic (exact) mass is 432 g/mol. The van der Waals surface area contributed by atoms with Crippen LogP contribution in [0.2, 0.25) is 0 Å². The van der Waals surface area contributed by atoms with Gasteiger partial charge in [-0.3, -0.25) is 4.79 Å². The van der Waals surface area contributed by atoms with Crippen molar-refractivity contribution in [3.63, 3.8) is 0 Å². The molecule has 6 heteroatoms. The van der Waals surface area contributed by atoms with Crippen molar-refractivity contribution >= 4 is 5.78 Å². The van der Waals surface area contributed by atoms with Crippen LogP contribution in [0.4, 0.5) is 0 Å². The second kappa shape index (κ2) is 7.22. The summed E-state index contributed by atoms with van der Waals surface area (Å²) in [5, 5.41) is 31.5. The Morgan fingerprint density at radius 2 is 2.06 bits per heavy atom. The molecular weight excluding hydrogens is 396 g/mol. The van der Waals surface area contributed by atoms with E-state index >= 15 is 0 Å². The third-order valence-corrected chi connectivity index (χ3v) is 9.47. The van der Waals surface area contributed by atoms with E-state index in [1.54, 1.807) is 0 Å². The Morgan fingerprint density at radius 3 is 2.77 bits per heavy atom. The number of hydrogen-bond donors (Lipinski definition) is 3. The van der Waals surface area contributed by atoms with Crippen LogP contribution in [0.3, 0.4) is 0 Å². The van der Waals surface area contributed by atoms with Crippen LogP contribution in [0, 0.1) is 28.6 Å². The number of carbonyl (C=O) groups is 1. The van der Waals surface area contributed by atoms with Gasteiger partial charge in [-0.25, -0.2) is 0 Å². The van der Waals surface area contributed by atoms with E-state index in [2.05, 4.69) is 26.8 Å². The summed E-state index contributed by atoms with van der Waals surface area (Å²) in [5.41, 5.74) is -0.855. The van der Waals surface area contributed by atoms with E-state index in [4.69, 9.17) is 9.47 Å². The second-order valence-electron chi connectivity index (χ2n) is 10.9. The average molecular weight is 433 g/mol. The van der Waals surface area contributed by atoms with Crippen LogP contribution in [0.25, 0.3) is 0 Å². The molecule has 5 aliphatic rings. The van der Waals surface area contributed by atoms with Gasteiger partial charge in [0.15, 0.2) is 17.7 Å². The zero-order valence-corrected chi connectivity index (χ0v) is 18.8. The first-order valence-corrected chi connectivity index (χ1v) is 12.0. The normalized spacial score (nSPS) is 52.7. The molecule has 10 atom stereocenters. The number of hydrogen-bond acceptors (Lipinski definition) is 6. The number of ketones is 1. The lowest BCUT2D eigenvalue weighted by Gasteiger charge is -2.60. The maximum absolute atomic E-state index is 13.2. The van der Waals surface area contributed by atoms with Crippen LogP contribution >= 0.6 is 0 Å². The molecule has 0 radical (unpaired) electrons. The summed E-state index contributed by atoms with van der Waals surface area (Å²) in [6.45, 7) is 5.74. The van der Waals surface area contributed by atoms with Crippen LogP contribution in [-0.2, 0) is 14.3 Å². The molecule has 5 unspecified atom stereocenters. The number of aliphatic hydroxyl groups excluding tert-OH is 3. The summed E-state index contributed by atoms with van der Waals surface area (Å²) < 4.78 is 12.7. The summed E-state index contributed by atoms with van der Waals surface area (Å²) in [7, 11) is 0. The van der Waals surface area contributed by atoms with Gasteiger partial charge >= 0.3 is 0 Å². The number of carbonyl (C=O) groups excluding carboxylic acids is 1. The Bertz CT molecular complexity index is 821. The lowest BCUT2D eigenvalue weighted by molar-refractivity contribution is -0.200. The zero-order chi connectivity index (χ0) is 22.2. The van der Waals surface area contributed by atoms with Crippen molar-refractivity contribution in [3.8, 4) is 0 Å². The minimum atomic E-state index is -1.19. The molecule has 0 amide bonds. The van der Waals surface area contributed by atoms with Crippen LogP contribution in [-0.4, -0.2) is 57.9 Å². The molecule has 6 nitrogen and oxygen atoms in total. The molecule has 172 valence electrons. The molecule has 1 heterocycles. The Balaban J connectivity index is 1.55. The maximum atomic E-state index is 13.2. The van der Waals surface area contributed by atoms with Crippen molar-refractivity contribution < 1.29 is 29.6 Å². The quantitative estimate of drug-likeness (QED) is 0.591. The number of rotatable bonds is 4. The molecule has 3 saturated carbocycles. The summed E-state index contributed by atoms with van der Waals surface area (Å²) in [6.07, 6.45) is 8.46. The minimum absolute atomic E-state index is 0.0286. The molecule has 31 heavy (non-hydrogen) atoms. The Hall–Kier alpha value is -1.05. The third kappa shape index (κ3) is 2.72. The van der Waals surface area contributed by atoms with Crippen molar-refractivity contribution in [2.24, 2.45) is 28.6 Å². The molecule has 3 N–H and O–H groups in total. The van der Waals surface area contributed by atoms with Gasteiger partial charge in [0.05, 0.1) is 18.3 Å². The van der Waals surface area contributed by atoms with E-state index < -0.39 is 36.1 Å². The zero-order valence-electron chi connectivity index (χ0n) is 18.8. The first-order valence-electron chi connectivity index (χ1n) is 12.0. The van der Waals surface area contributed by atoms with Gasteiger partial charge in [-0.1, -0.05) is 51.0 Å². The van der Waals surface area contributed by atoms with Gasteiger partial charge in [0.25, 0.3) is 0 Å². The molecule has 0 spiro atoms. The number of ether oxygens (including phenoxy) is 2. The van der Waals surface area contributed by atoms with E-state index in [-0.39, 0.29) is 35.1 Å². The van der Waals surface area contributed by atoms with E-state index in [1.165, 1.54) is 5.57 Å². The Morgan fingerprint density at radius 1 is 1.29 bits per heavy atom. The molecular formula is C25H36O6. The van der Waals surface area contributed by atoms with Crippen LogP contribution < -0.4 is 0 Å². The van der Waals surface area contributed by atoms with Gasteiger partial charge in [0.2, 0.25) is 0 Å². The predicted octanol–water partition coefficient (Wildman–Crippen LogP) is 2.51. The first-order chi connectivity index (χ1) is 14.7. The van der Waals surface area contributed by atoms with Crippen LogP contribution in [0.5, 0.6) is 0 Å². The molecule has 1 aliphatic heterocycles. The summed E-state index contributed by atoms with van der Waals surface area (Å²) in [4.78, 5) is 13.2. The lowest BCUT2D eigenvalue weighted by atomic mass is 9.46. The van der Waals surface area contributed by atoms with Crippen molar-refractivity contribution in [2.75, 3.05) is 6.61 Å². The molecule has 0 bridgehead atoms. The minimum Gasteiger partial charge on any atom is -0.393 e. The van der Waals surface area contributed by atoms with Crippen molar-refractivity contribution in [1.82, 2.24) is 0 Å². The second-order valence-corrected chi connectivity index (χ2v) is 10.9. The highest BCUT2D eigenvalue weighted by Gasteiger charge is 2.75. The van der Waals surface area contributed by atoms with Gasteiger partial charge in [-0.2, -0.15) is 0 Å².